The number of methoxy groups -OCH3 is 1. The lowest BCUT2D eigenvalue weighted by atomic mass is 9.97. The lowest BCUT2D eigenvalue weighted by Gasteiger charge is -2.32. The molecule has 1 atom stereocenters. The van der Waals surface area contributed by atoms with Crippen LogP contribution in [0, 0.1) is 5.92 Å². The van der Waals surface area contributed by atoms with Crippen LogP contribution < -0.4 is 0 Å². The van der Waals surface area contributed by atoms with Crippen molar-refractivity contribution in [2.24, 2.45) is 5.92 Å². The maximum atomic E-state index is 12.8. The van der Waals surface area contributed by atoms with Crippen LogP contribution in [0.2, 0.25) is 0 Å². The minimum atomic E-state index is 0.128. The summed E-state index contributed by atoms with van der Waals surface area (Å²) in [6.45, 7) is 2.37. The largest absolute Gasteiger partial charge is 0.384 e. The van der Waals surface area contributed by atoms with Crippen molar-refractivity contribution in [3.8, 4) is 11.1 Å². The summed E-state index contributed by atoms with van der Waals surface area (Å²) >= 11 is 0. The van der Waals surface area contributed by atoms with Gasteiger partial charge in [-0.15, -0.1) is 0 Å². The Labute approximate surface area is 137 Å². The maximum Gasteiger partial charge on any atom is 0.253 e. The first-order valence-corrected chi connectivity index (χ1v) is 8.21. The number of hydrogen-bond acceptors (Lipinski definition) is 2. The number of ether oxygens (including phenoxy) is 1. The minimum absolute atomic E-state index is 0.128. The third-order valence-electron chi connectivity index (χ3n) is 4.43. The number of rotatable bonds is 4. The first-order valence-electron chi connectivity index (χ1n) is 8.21. The molecule has 1 amide bonds. The lowest BCUT2D eigenvalue weighted by molar-refractivity contribution is 0.0571. The Balaban J connectivity index is 1.77. The Morgan fingerprint density at radius 2 is 1.91 bits per heavy atom. The number of carbonyl (C=O) groups excluding carboxylic acids is 1. The highest BCUT2D eigenvalue weighted by atomic mass is 16.5. The second-order valence-corrected chi connectivity index (χ2v) is 6.16. The number of piperidine rings is 1. The Kier molecular flexibility index (Phi) is 5.09. The Morgan fingerprint density at radius 1 is 1.13 bits per heavy atom. The molecular weight excluding hydrogens is 286 g/mol. The molecule has 0 aromatic heterocycles. The molecule has 1 fully saturated rings. The highest BCUT2D eigenvalue weighted by molar-refractivity contribution is 5.95. The van der Waals surface area contributed by atoms with Crippen molar-refractivity contribution < 1.29 is 9.53 Å². The molecule has 2 aromatic rings. The zero-order valence-corrected chi connectivity index (χ0v) is 13.6. The molecule has 0 radical (unpaired) electrons. The zero-order valence-electron chi connectivity index (χ0n) is 13.6. The fourth-order valence-electron chi connectivity index (χ4n) is 3.27. The predicted octanol–water partition coefficient (Wildman–Crippen LogP) is 3.85. The van der Waals surface area contributed by atoms with E-state index in [2.05, 4.69) is 18.2 Å². The molecule has 3 rings (SSSR count). The van der Waals surface area contributed by atoms with Gasteiger partial charge in [0.05, 0.1) is 6.61 Å². The number of amides is 1. The summed E-state index contributed by atoms with van der Waals surface area (Å²) in [5.41, 5.74) is 2.99. The van der Waals surface area contributed by atoms with Gasteiger partial charge < -0.3 is 9.64 Å². The molecule has 1 aliphatic heterocycles. The highest BCUT2D eigenvalue weighted by Crippen LogP contribution is 2.23. The summed E-state index contributed by atoms with van der Waals surface area (Å²) in [5.74, 6) is 0.582. The molecule has 2 aromatic carbocycles. The lowest BCUT2D eigenvalue weighted by Crippen LogP contribution is -2.41. The molecule has 23 heavy (non-hydrogen) atoms. The van der Waals surface area contributed by atoms with Crippen molar-refractivity contribution in [1.29, 1.82) is 0 Å². The summed E-state index contributed by atoms with van der Waals surface area (Å²) in [5, 5.41) is 0. The quantitative estimate of drug-likeness (QED) is 0.858. The summed E-state index contributed by atoms with van der Waals surface area (Å²) in [4.78, 5) is 14.8. The van der Waals surface area contributed by atoms with E-state index in [-0.39, 0.29) is 5.91 Å². The van der Waals surface area contributed by atoms with Crippen LogP contribution >= 0.6 is 0 Å². The van der Waals surface area contributed by atoms with Gasteiger partial charge in [-0.3, -0.25) is 4.79 Å². The fraction of sp³-hybridized carbons (Fsp3) is 0.350. The average Bonchev–Trinajstić information content (AvgIpc) is 2.62. The van der Waals surface area contributed by atoms with E-state index in [4.69, 9.17) is 4.74 Å². The summed E-state index contributed by atoms with van der Waals surface area (Å²) in [6.07, 6.45) is 2.19. The maximum absolute atomic E-state index is 12.8. The summed E-state index contributed by atoms with van der Waals surface area (Å²) < 4.78 is 5.25. The third-order valence-corrected chi connectivity index (χ3v) is 4.43. The molecule has 1 heterocycles. The van der Waals surface area contributed by atoms with Gasteiger partial charge in [0.25, 0.3) is 5.91 Å². The molecule has 0 spiro atoms. The van der Waals surface area contributed by atoms with Gasteiger partial charge >= 0.3 is 0 Å². The van der Waals surface area contributed by atoms with Crippen LogP contribution in [-0.4, -0.2) is 37.6 Å². The zero-order chi connectivity index (χ0) is 16.1. The van der Waals surface area contributed by atoms with Crippen molar-refractivity contribution >= 4 is 5.91 Å². The van der Waals surface area contributed by atoms with E-state index < -0.39 is 0 Å². The molecule has 0 N–H and O–H groups in total. The van der Waals surface area contributed by atoms with Crippen LogP contribution in [0.1, 0.15) is 23.2 Å². The van der Waals surface area contributed by atoms with Crippen LogP contribution in [0.3, 0.4) is 0 Å². The fourth-order valence-corrected chi connectivity index (χ4v) is 3.27. The number of carbonyl (C=O) groups is 1. The van der Waals surface area contributed by atoms with Gasteiger partial charge in [-0.25, -0.2) is 0 Å². The monoisotopic (exact) mass is 309 g/mol. The molecule has 3 nitrogen and oxygen atoms in total. The molecule has 1 saturated heterocycles. The Morgan fingerprint density at radius 3 is 2.70 bits per heavy atom. The van der Waals surface area contributed by atoms with Crippen LogP contribution in [0.4, 0.5) is 0 Å². The molecular formula is C20H23NO2. The van der Waals surface area contributed by atoms with Crippen molar-refractivity contribution in [2.75, 3.05) is 26.8 Å². The predicted molar refractivity (Wildman–Crippen MR) is 92.4 cm³/mol. The average molecular weight is 309 g/mol. The normalized spacial score (nSPS) is 18.0. The Hall–Kier alpha value is -2.13. The van der Waals surface area contributed by atoms with Crippen molar-refractivity contribution in [3.63, 3.8) is 0 Å². The van der Waals surface area contributed by atoms with E-state index in [1.807, 2.05) is 41.3 Å². The molecule has 3 heteroatoms. The first kappa shape index (κ1) is 15.8. The van der Waals surface area contributed by atoms with E-state index in [0.717, 1.165) is 49.2 Å². The third kappa shape index (κ3) is 3.80. The standard InChI is InChI=1S/C20H23NO2/c1-23-15-16-7-6-12-21(14-16)20(22)19-11-5-10-18(13-19)17-8-3-2-4-9-17/h2-5,8-11,13,16H,6-7,12,14-15H2,1H3. The van der Waals surface area contributed by atoms with Gasteiger partial charge in [-0.1, -0.05) is 42.5 Å². The second kappa shape index (κ2) is 7.42. The Bertz CT molecular complexity index is 652. The number of benzene rings is 2. The highest BCUT2D eigenvalue weighted by Gasteiger charge is 2.24. The van der Waals surface area contributed by atoms with Crippen LogP contribution in [0.15, 0.2) is 54.6 Å². The topological polar surface area (TPSA) is 29.5 Å². The van der Waals surface area contributed by atoms with Gasteiger partial charge in [0.1, 0.15) is 0 Å². The smallest absolute Gasteiger partial charge is 0.253 e. The van der Waals surface area contributed by atoms with Gasteiger partial charge in [-0.2, -0.15) is 0 Å². The minimum Gasteiger partial charge on any atom is -0.384 e. The second-order valence-electron chi connectivity index (χ2n) is 6.16. The summed E-state index contributed by atoms with van der Waals surface area (Å²) in [7, 11) is 1.73. The van der Waals surface area contributed by atoms with Crippen molar-refractivity contribution in [1.82, 2.24) is 4.90 Å². The van der Waals surface area contributed by atoms with E-state index in [1.165, 1.54) is 0 Å². The number of nitrogens with zero attached hydrogens (tertiary/aromatic N) is 1. The van der Waals surface area contributed by atoms with Crippen LogP contribution in [0.25, 0.3) is 11.1 Å². The van der Waals surface area contributed by atoms with Crippen molar-refractivity contribution in [3.05, 3.63) is 60.2 Å². The van der Waals surface area contributed by atoms with Gasteiger partial charge in [0.2, 0.25) is 0 Å². The van der Waals surface area contributed by atoms with Gasteiger partial charge in [0.15, 0.2) is 0 Å². The molecule has 1 unspecified atom stereocenters. The molecule has 0 bridgehead atoms. The molecule has 0 saturated carbocycles. The van der Waals surface area contributed by atoms with Crippen LogP contribution in [0.5, 0.6) is 0 Å². The van der Waals surface area contributed by atoms with E-state index in [9.17, 15) is 4.79 Å². The van der Waals surface area contributed by atoms with E-state index in [0.29, 0.717) is 5.92 Å². The molecule has 1 aliphatic rings. The number of likely N-dealkylation sites (tertiary alicyclic amines) is 1. The molecule has 120 valence electrons. The van der Waals surface area contributed by atoms with Crippen molar-refractivity contribution in [2.45, 2.75) is 12.8 Å². The molecule has 0 aliphatic carbocycles. The van der Waals surface area contributed by atoms with E-state index in [1.54, 1.807) is 7.11 Å². The first-order chi connectivity index (χ1) is 11.3. The summed E-state index contributed by atoms with van der Waals surface area (Å²) in [6, 6.07) is 18.1. The van der Waals surface area contributed by atoms with Crippen LogP contribution in [-0.2, 0) is 4.74 Å². The van der Waals surface area contributed by atoms with Gasteiger partial charge in [0, 0.05) is 25.8 Å². The van der Waals surface area contributed by atoms with Gasteiger partial charge in [-0.05, 0) is 42.0 Å². The number of hydrogen-bond donors (Lipinski definition) is 0. The van der Waals surface area contributed by atoms with E-state index >= 15 is 0 Å². The SMILES string of the molecule is COCC1CCCN(C(=O)c2cccc(-c3ccccc3)c2)C1.